The number of carboxylic acid groups (broad SMARTS) is 1. The minimum atomic E-state index is -1.77. The van der Waals surface area contributed by atoms with Crippen molar-refractivity contribution in [1.82, 2.24) is 41.8 Å². The molecular weight excluding hydrogens is 792 g/mol. The summed E-state index contributed by atoms with van der Waals surface area (Å²) in [5.74, 6) is -9.81. The number of aromatic nitrogens is 1. The molecule has 1 saturated heterocycles. The van der Waals surface area contributed by atoms with E-state index in [0.29, 0.717) is 16.5 Å². The Morgan fingerprint density at radius 3 is 1.93 bits per heavy atom. The van der Waals surface area contributed by atoms with Crippen LogP contribution in [0.5, 0.6) is 0 Å². The maximum Gasteiger partial charge on any atom is 0.328 e. The summed E-state index contributed by atoms with van der Waals surface area (Å²) in [7, 11) is 0. The zero-order valence-electron chi connectivity index (χ0n) is 33.5. The molecular formula is C37H54N10O13. The van der Waals surface area contributed by atoms with E-state index in [1.54, 1.807) is 44.3 Å². The number of aromatic amines is 1. The van der Waals surface area contributed by atoms with Crippen LogP contribution in [0.2, 0.25) is 0 Å². The number of nitrogens with one attached hydrogen (secondary N) is 7. The summed E-state index contributed by atoms with van der Waals surface area (Å²) >= 11 is 0. The highest BCUT2D eigenvalue weighted by Crippen LogP contribution is 2.21. The fourth-order valence-electron chi connectivity index (χ4n) is 6.35. The minimum absolute atomic E-state index is 0.131. The van der Waals surface area contributed by atoms with Crippen LogP contribution >= 0.6 is 0 Å². The normalized spacial score (nSPS) is 18.5. The molecule has 0 bridgehead atoms. The molecule has 1 aromatic heterocycles. The van der Waals surface area contributed by atoms with Gasteiger partial charge in [0.05, 0.1) is 31.8 Å². The lowest BCUT2D eigenvalue weighted by Gasteiger charge is -2.28. The number of hydrogen-bond donors (Lipinski definition) is 13. The van der Waals surface area contributed by atoms with Gasteiger partial charge in [0.2, 0.25) is 47.3 Å². The summed E-state index contributed by atoms with van der Waals surface area (Å²) in [4.78, 5) is 120. The summed E-state index contributed by atoms with van der Waals surface area (Å²) in [5, 5.41) is 53.7. The number of aliphatic hydroxyl groups excluding tert-OH is 3. The quantitative estimate of drug-likeness (QED) is 0.0558. The van der Waals surface area contributed by atoms with E-state index in [1.807, 2.05) is 0 Å². The Hall–Kier alpha value is -6.17. The topological polar surface area (TPSA) is 378 Å². The number of carbonyl (C=O) groups is 9. The molecule has 3 rings (SSSR count). The highest BCUT2D eigenvalue weighted by Gasteiger charge is 2.41. The number of likely N-dealkylation sites (tertiary alicyclic amines) is 1. The van der Waals surface area contributed by atoms with Gasteiger partial charge >= 0.3 is 5.97 Å². The van der Waals surface area contributed by atoms with E-state index in [-0.39, 0.29) is 19.4 Å². The van der Waals surface area contributed by atoms with Crippen molar-refractivity contribution in [2.24, 2.45) is 17.4 Å². The number of carboxylic acids is 1. The number of H-pyrrole nitrogens is 1. The summed E-state index contributed by atoms with van der Waals surface area (Å²) < 4.78 is 0. The van der Waals surface area contributed by atoms with E-state index >= 15 is 0 Å². The number of nitrogens with zero attached hydrogens (tertiary/aromatic N) is 1. The highest BCUT2D eigenvalue weighted by atomic mass is 16.4. The average Bonchev–Trinajstić information content (AvgIpc) is 3.79. The standard InChI is InChI=1S/C37H54N10O13/c1-16(2)29(35(57)43-23(31(53)45-26(15-49)37(59)60)9-19-12-40-22-8-6-5-7-21(19)22)46-33(55)25(14-48)44-32(54)24(11-28(39)51)42-30(52)18(4)41-34(56)27-10-20(50)13-47(27)36(58)17(3)38/h5-8,12,16-18,20,23-27,29,40,48-50H,9-11,13-15,38H2,1-4H3,(H2,39,51)(H,41,56)(H,42,52)(H,43,57)(H,44,54)(H,45,53)(H,46,55)(H,59,60)/t17-,18-,20+,23-,24-,25-,26-,27-,29+/m0/s1. The summed E-state index contributed by atoms with van der Waals surface area (Å²) in [6.45, 7) is 3.57. The highest BCUT2D eigenvalue weighted by molar-refractivity contribution is 5.99. The van der Waals surface area contributed by atoms with Crippen molar-refractivity contribution in [3.05, 3.63) is 36.0 Å². The summed E-state index contributed by atoms with van der Waals surface area (Å²) in [6, 6.07) is -4.49. The van der Waals surface area contributed by atoms with E-state index in [0.717, 1.165) is 4.90 Å². The van der Waals surface area contributed by atoms with Gasteiger partial charge in [0.15, 0.2) is 0 Å². The van der Waals surface area contributed by atoms with Gasteiger partial charge in [0.25, 0.3) is 0 Å². The lowest BCUT2D eigenvalue weighted by Crippen LogP contribution is -2.61. The fraction of sp³-hybridized carbons (Fsp3) is 0.541. The molecule has 8 amide bonds. The number of primary amides is 1. The van der Waals surface area contributed by atoms with Gasteiger partial charge in [0.1, 0.15) is 42.3 Å². The van der Waals surface area contributed by atoms with Gasteiger partial charge in [-0.3, -0.25) is 38.4 Å². The number of nitrogens with two attached hydrogens (primary N) is 2. The number of benzene rings is 1. The smallest absolute Gasteiger partial charge is 0.328 e. The van der Waals surface area contributed by atoms with E-state index in [2.05, 4.69) is 36.9 Å². The average molecular weight is 847 g/mol. The molecule has 23 nitrogen and oxygen atoms in total. The van der Waals surface area contributed by atoms with Crippen molar-refractivity contribution in [1.29, 1.82) is 0 Å². The van der Waals surface area contributed by atoms with Crippen molar-refractivity contribution in [2.75, 3.05) is 19.8 Å². The number of carbonyl (C=O) groups excluding carboxylic acids is 8. The third-order valence-electron chi connectivity index (χ3n) is 9.64. The van der Waals surface area contributed by atoms with Crippen LogP contribution in [0, 0.1) is 5.92 Å². The molecule has 0 aliphatic carbocycles. The number of hydrogen-bond acceptors (Lipinski definition) is 13. The van der Waals surface area contributed by atoms with Crippen molar-refractivity contribution in [3.8, 4) is 0 Å². The predicted octanol–water partition coefficient (Wildman–Crippen LogP) is -5.45. The van der Waals surface area contributed by atoms with E-state index in [9.17, 15) is 63.6 Å². The Morgan fingerprint density at radius 1 is 0.783 bits per heavy atom. The fourth-order valence-corrected chi connectivity index (χ4v) is 6.35. The first-order valence-electron chi connectivity index (χ1n) is 19.0. The van der Waals surface area contributed by atoms with E-state index < -0.39 is 133 Å². The minimum Gasteiger partial charge on any atom is -0.480 e. The maximum absolute atomic E-state index is 13.7. The molecule has 2 heterocycles. The second kappa shape index (κ2) is 21.7. The molecule has 1 aliphatic heterocycles. The third-order valence-corrected chi connectivity index (χ3v) is 9.64. The maximum atomic E-state index is 13.7. The number of para-hydroxylation sites is 1. The molecule has 2 aromatic rings. The second-order valence-corrected chi connectivity index (χ2v) is 14.8. The molecule has 60 heavy (non-hydrogen) atoms. The first-order valence-corrected chi connectivity index (χ1v) is 19.0. The van der Waals surface area contributed by atoms with Gasteiger partial charge in [-0.2, -0.15) is 0 Å². The van der Waals surface area contributed by atoms with Crippen LogP contribution in [0.15, 0.2) is 30.5 Å². The molecule has 23 heteroatoms. The number of rotatable bonds is 21. The molecule has 0 radical (unpaired) electrons. The first kappa shape index (κ1) is 48.2. The van der Waals surface area contributed by atoms with Crippen molar-refractivity contribution in [2.45, 2.75) is 101 Å². The van der Waals surface area contributed by atoms with Crippen molar-refractivity contribution >= 4 is 64.1 Å². The summed E-state index contributed by atoms with van der Waals surface area (Å²) in [5.41, 5.74) is 12.2. The van der Waals surface area contributed by atoms with Crippen molar-refractivity contribution < 1.29 is 63.6 Å². The van der Waals surface area contributed by atoms with Crippen LogP contribution in [0.25, 0.3) is 10.9 Å². The molecule has 0 spiro atoms. The van der Waals surface area contributed by atoms with Gasteiger partial charge in [-0.15, -0.1) is 0 Å². The molecule has 1 fully saturated rings. The Morgan fingerprint density at radius 2 is 1.35 bits per heavy atom. The largest absolute Gasteiger partial charge is 0.480 e. The lowest BCUT2D eigenvalue weighted by atomic mass is 10.00. The number of amides is 8. The number of aliphatic hydroxyl groups is 3. The van der Waals surface area contributed by atoms with E-state index in [1.165, 1.54) is 13.8 Å². The lowest BCUT2D eigenvalue weighted by molar-refractivity contribution is -0.143. The van der Waals surface area contributed by atoms with Gasteiger partial charge in [-0.25, -0.2) is 4.79 Å². The van der Waals surface area contributed by atoms with E-state index in [4.69, 9.17) is 11.5 Å². The van der Waals surface area contributed by atoms with Crippen LogP contribution in [0.1, 0.15) is 46.1 Å². The van der Waals surface area contributed by atoms with Gasteiger partial charge < -0.3 is 73.7 Å². The van der Waals surface area contributed by atoms with Crippen LogP contribution in [0.4, 0.5) is 0 Å². The molecule has 0 saturated carbocycles. The van der Waals surface area contributed by atoms with Crippen LogP contribution < -0.4 is 43.4 Å². The Bertz CT molecular complexity index is 1920. The van der Waals surface area contributed by atoms with Gasteiger partial charge in [0, 0.05) is 36.5 Å². The summed E-state index contributed by atoms with van der Waals surface area (Å²) in [6.07, 6.45) is -0.503. The monoisotopic (exact) mass is 846 g/mol. The van der Waals surface area contributed by atoms with Crippen LogP contribution in [0.3, 0.4) is 0 Å². The molecule has 1 aliphatic rings. The molecule has 1 aromatic carbocycles. The third kappa shape index (κ3) is 12.9. The van der Waals surface area contributed by atoms with Crippen LogP contribution in [-0.2, 0) is 49.6 Å². The Balaban J connectivity index is 1.73. The molecule has 330 valence electrons. The Kier molecular flexibility index (Phi) is 17.5. The predicted molar refractivity (Wildman–Crippen MR) is 209 cm³/mol. The molecule has 15 N–H and O–H groups in total. The van der Waals surface area contributed by atoms with Gasteiger partial charge in [-0.1, -0.05) is 32.0 Å². The van der Waals surface area contributed by atoms with Gasteiger partial charge in [-0.05, 0) is 31.4 Å². The molecule has 0 unspecified atom stereocenters. The number of fused-ring (bicyclic) bond motifs is 1. The Labute approximate surface area is 343 Å². The van der Waals surface area contributed by atoms with Crippen molar-refractivity contribution in [3.63, 3.8) is 0 Å². The molecule has 9 atom stereocenters. The van der Waals surface area contributed by atoms with Crippen LogP contribution in [-0.4, -0.2) is 158 Å². The zero-order chi connectivity index (χ0) is 45.0. The zero-order valence-corrected chi connectivity index (χ0v) is 33.5. The first-order chi connectivity index (χ1) is 28.2. The SMILES string of the molecule is CC(C)[C@@H](NC(=O)[C@H](CO)NC(=O)[C@H](CC(N)=O)NC(=O)[C@H](C)NC(=O)[C@@H]1C[C@@H](O)CN1C(=O)[C@H](C)N)C(=O)N[C@@H](Cc1c[nH]c2ccccc12)C(=O)N[C@@H](CO)C(=O)O. The second-order valence-electron chi connectivity index (χ2n) is 14.8. The number of β-amino-alcohol motifs (C(OH)–C–C–N with tert-alkyl or cyclic N) is 1. The number of aliphatic carboxylic acids is 1.